The fourth-order valence-electron chi connectivity index (χ4n) is 3.57. The third-order valence-electron chi connectivity index (χ3n) is 4.76. The van der Waals surface area contributed by atoms with Crippen LogP contribution in [0.5, 0.6) is 0 Å². The van der Waals surface area contributed by atoms with Gasteiger partial charge in [0.1, 0.15) is 0 Å². The number of carbonyl (C=O) groups excluding carboxylic acids is 2. The van der Waals surface area contributed by atoms with Crippen LogP contribution in [0.25, 0.3) is 0 Å². The highest BCUT2D eigenvalue weighted by Gasteiger charge is 2.35. The molecule has 1 N–H and O–H groups in total. The molecule has 4 rings (SSSR count). The summed E-state index contributed by atoms with van der Waals surface area (Å²) in [6.07, 6.45) is 0.186. The number of hydrogen-bond acceptors (Lipinski definition) is 3. The van der Waals surface area contributed by atoms with E-state index in [1.54, 1.807) is 11.0 Å². The minimum absolute atomic E-state index is 0.122. The number of rotatable bonds is 1. The van der Waals surface area contributed by atoms with E-state index >= 15 is 0 Å². The van der Waals surface area contributed by atoms with Crippen molar-refractivity contribution in [2.75, 3.05) is 18.1 Å². The summed E-state index contributed by atoms with van der Waals surface area (Å²) in [6, 6.07) is 15.0. The minimum Gasteiger partial charge on any atom is -0.363 e. The zero-order valence-electron chi connectivity index (χ0n) is 14.1. The van der Waals surface area contributed by atoms with Crippen molar-refractivity contribution in [1.82, 2.24) is 5.32 Å². The summed E-state index contributed by atoms with van der Waals surface area (Å²) in [5.41, 5.74) is 3.23. The maximum Gasteiger partial charge on any atom is 0.260 e. The lowest BCUT2D eigenvalue weighted by atomic mass is 9.96. The molecule has 25 heavy (non-hydrogen) atoms. The molecule has 2 aromatic carbocycles. The van der Waals surface area contributed by atoms with E-state index in [1.807, 2.05) is 49.4 Å². The van der Waals surface area contributed by atoms with Crippen molar-refractivity contribution < 1.29 is 14.3 Å². The van der Waals surface area contributed by atoms with Crippen molar-refractivity contribution in [2.24, 2.45) is 0 Å². The third-order valence-corrected chi connectivity index (χ3v) is 4.76. The zero-order valence-corrected chi connectivity index (χ0v) is 14.1. The molecule has 0 aliphatic carbocycles. The first-order valence-corrected chi connectivity index (χ1v) is 8.56. The third kappa shape index (κ3) is 2.81. The molecule has 128 valence electrons. The van der Waals surface area contributed by atoms with E-state index in [-0.39, 0.29) is 17.9 Å². The highest BCUT2D eigenvalue weighted by Crippen LogP contribution is 2.32. The van der Waals surface area contributed by atoms with Crippen molar-refractivity contribution in [3.05, 3.63) is 65.2 Å². The Morgan fingerprint density at radius 3 is 2.80 bits per heavy atom. The van der Waals surface area contributed by atoms with Gasteiger partial charge >= 0.3 is 0 Å². The summed E-state index contributed by atoms with van der Waals surface area (Å²) in [6.45, 7) is 2.85. The monoisotopic (exact) mass is 336 g/mol. The Bertz CT molecular complexity index is 833. The Balaban J connectivity index is 1.75. The Hall–Kier alpha value is -2.66. The van der Waals surface area contributed by atoms with E-state index in [0.717, 1.165) is 17.5 Å². The summed E-state index contributed by atoms with van der Waals surface area (Å²) < 4.78 is 5.84. The maximum atomic E-state index is 13.3. The van der Waals surface area contributed by atoms with Gasteiger partial charge in [0.15, 0.2) is 6.10 Å². The van der Waals surface area contributed by atoms with Gasteiger partial charge in [-0.3, -0.25) is 9.59 Å². The quantitative estimate of drug-likeness (QED) is 0.870. The number of para-hydroxylation sites is 1. The first-order valence-electron chi connectivity index (χ1n) is 8.56. The van der Waals surface area contributed by atoms with E-state index in [0.29, 0.717) is 24.4 Å². The Labute approximate surface area is 146 Å². The molecule has 2 aliphatic heterocycles. The van der Waals surface area contributed by atoms with Crippen molar-refractivity contribution in [2.45, 2.75) is 25.5 Å². The molecule has 0 bridgehead atoms. The van der Waals surface area contributed by atoms with Crippen molar-refractivity contribution in [3.8, 4) is 0 Å². The number of anilines is 1. The van der Waals surface area contributed by atoms with E-state index in [2.05, 4.69) is 5.32 Å². The number of ether oxygens (including phenoxy) is 1. The molecule has 5 heteroatoms. The van der Waals surface area contributed by atoms with Gasteiger partial charge in [0.05, 0.1) is 17.9 Å². The van der Waals surface area contributed by atoms with Crippen LogP contribution in [0.4, 0.5) is 5.69 Å². The summed E-state index contributed by atoms with van der Waals surface area (Å²) in [5, 5.41) is 2.93. The smallest absolute Gasteiger partial charge is 0.260 e. The largest absolute Gasteiger partial charge is 0.363 e. The van der Waals surface area contributed by atoms with Gasteiger partial charge in [-0.1, -0.05) is 36.4 Å². The average molecular weight is 336 g/mol. The predicted molar refractivity (Wildman–Crippen MR) is 94.6 cm³/mol. The molecule has 0 fully saturated rings. The highest BCUT2D eigenvalue weighted by molar-refractivity contribution is 6.07. The minimum atomic E-state index is -0.626. The molecule has 0 radical (unpaired) electrons. The predicted octanol–water partition coefficient (Wildman–Crippen LogP) is 2.47. The van der Waals surface area contributed by atoms with Crippen LogP contribution in [0.3, 0.4) is 0 Å². The number of hydrogen-bond donors (Lipinski definition) is 1. The molecule has 2 atom stereocenters. The zero-order chi connectivity index (χ0) is 17.4. The second kappa shape index (κ2) is 6.33. The van der Waals surface area contributed by atoms with Crippen LogP contribution < -0.4 is 10.2 Å². The molecule has 2 amide bonds. The van der Waals surface area contributed by atoms with Crippen LogP contribution in [-0.2, 0) is 16.0 Å². The van der Waals surface area contributed by atoms with Crippen LogP contribution in [-0.4, -0.2) is 31.0 Å². The normalized spacial score (nSPS) is 22.4. The van der Waals surface area contributed by atoms with Gasteiger partial charge < -0.3 is 15.0 Å². The second-order valence-electron chi connectivity index (χ2n) is 6.54. The molecule has 0 saturated carbocycles. The lowest BCUT2D eigenvalue weighted by Crippen LogP contribution is -2.44. The van der Waals surface area contributed by atoms with Crippen molar-refractivity contribution in [3.63, 3.8) is 0 Å². The van der Waals surface area contributed by atoms with Gasteiger partial charge in [0, 0.05) is 12.6 Å². The summed E-state index contributed by atoms with van der Waals surface area (Å²) in [5.74, 6) is -0.272. The molecule has 0 saturated heterocycles. The van der Waals surface area contributed by atoms with Crippen LogP contribution in [0.2, 0.25) is 0 Å². The molecule has 2 aliphatic rings. The number of fused-ring (bicyclic) bond motifs is 2. The number of nitrogens with one attached hydrogen (secondary N) is 1. The van der Waals surface area contributed by atoms with Gasteiger partial charge in [-0.05, 0) is 36.6 Å². The van der Waals surface area contributed by atoms with Crippen LogP contribution >= 0.6 is 0 Å². The molecular weight excluding hydrogens is 316 g/mol. The highest BCUT2D eigenvalue weighted by atomic mass is 16.5. The lowest BCUT2D eigenvalue weighted by Gasteiger charge is -2.31. The molecule has 5 nitrogen and oxygen atoms in total. The van der Waals surface area contributed by atoms with E-state index in [1.165, 1.54) is 0 Å². The fraction of sp³-hybridized carbons (Fsp3) is 0.300. The van der Waals surface area contributed by atoms with Crippen LogP contribution in [0.1, 0.15) is 34.5 Å². The van der Waals surface area contributed by atoms with E-state index in [9.17, 15) is 9.59 Å². The average Bonchev–Trinajstić information content (AvgIpc) is 2.77. The van der Waals surface area contributed by atoms with Crippen molar-refractivity contribution in [1.29, 1.82) is 0 Å². The second-order valence-corrected chi connectivity index (χ2v) is 6.54. The summed E-state index contributed by atoms with van der Waals surface area (Å²) in [7, 11) is 0. The number of nitrogens with zero attached hydrogens (tertiary/aromatic N) is 1. The number of amides is 2. The molecule has 0 aromatic heterocycles. The van der Waals surface area contributed by atoms with Crippen molar-refractivity contribution >= 4 is 17.5 Å². The Kier molecular flexibility index (Phi) is 4.01. The van der Waals surface area contributed by atoms with Crippen LogP contribution in [0.15, 0.2) is 48.5 Å². The molecule has 2 aromatic rings. The lowest BCUT2D eigenvalue weighted by molar-refractivity contribution is -0.131. The number of benzene rings is 2. The van der Waals surface area contributed by atoms with E-state index < -0.39 is 6.10 Å². The summed E-state index contributed by atoms with van der Waals surface area (Å²) in [4.78, 5) is 27.4. The fourth-order valence-corrected chi connectivity index (χ4v) is 3.57. The van der Waals surface area contributed by atoms with Gasteiger partial charge in [0.2, 0.25) is 0 Å². The molecular formula is C20H20N2O3. The van der Waals surface area contributed by atoms with Gasteiger partial charge in [-0.15, -0.1) is 0 Å². The van der Waals surface area contributed by atoms with Crippen LogP contribution in [0, 0.1) is 0 Å². The number of carbonyl (C=O) groups is 2. The van der Waals surface area contributed by atoms with Gasteiger partial charge in [0.25, 0.3) is 11.8 Å². The Morgan fingerprint density at radius 2 is 1.92 bits per heavy atom. The molecule has 0 spiro atoms. The topological polar surface area (TPSA) is 58.6 Å². The molecule has 2 heterocycles. The Morgan fingerprint density at radius 1 is 1.16 bits per heavy atom. The van der Waals surface area contributed by atoms with Gasteiger partial charge in [-0.2, -0.15) is 0 Å². The van der Waals surface area contributed by atoms with Gasteiger partial charge in [-0.25, -0.2) is 0 Å². The maximum absolute atomic E-state index is 13.3. The van der Waals surface area contributed by atoms with E-state index in [4.69, 9.17) is 4.74 Å². The first-order chi connectivity index (χ1) is 12.1. The molecule has 0 unspecified atom stereocenters. The SMILES string of the molecule is C[C@@H]1CN(C(=O)[C@@H]2OCCc3ccccc32)c2ccccc2C(=O)N1. The standard InChI is InChI=1S/C20H20N2O3/c1-13-12-22(17-9-5-4-8-16(17)19(23)21-13)20(24)18-15-7-3-2-6-14(15)10-11-25-18/h2-9,13,18H,10-12H2,1H3,(H,21,23)/t13-,18-/m1/s1. The summed E-state index contributed by atoms with van der Waals surface area (Å²) >= 11 is 0. The first kappa shape index (κ1) is 15.8.